The molecule has 1 amide bonds. The lowest BCUT2D eigenvalue weighted by Crippen LogP contribution is -2.32. The highest BCUT2D eigenvalue weighted by Crippen LogP contribution is 2.10. The Morgan fingerprint density at radius 3 is 3.13 bits per heavy atom. The minimum absolute atomic E-state index is 0.0758. The first-order chi connectivity index (χ1) is 7.27. The number of nitrogens with zero attached hydrogens (tertiary/aromatic N) is 1. The Bertz CT molecular complexity index is 315. The van der Waals surface area contributed by atoms with Crippen molar-refractivity contribution in [2.75, 3.05) is 26.7 Å². The van der Waals surface area contributed by atoms with Gasteiger partial charge in [-0.05, 0) is 37.6 Å². The van der Waals surface area contributed by atoms with Crippen LogP contribution in [0.2, 0.25) is 0 Å². The van der Waals surface area contributed by atoms with Crippen LogP contribution >= 0.6 is 0 Å². The van der Waals surface area contributed by atoms with E-state index in [1.165, 1.54) is 6.42 Å². The van der Waals surface area contributed by atoms with Gasteiger partial charge in [0.2, 0.25) is 0 Å². The first-order valence-electron chi connectivity index (χ1n) is 5.37. The van der Waals surface area contributed by atoms with Crippen molar-refractivity contribution >= 4 is 5.91 Å². The third-order valence-corrected chi connectivity index (χ3v) is 2.87. The van der Waals surface area contributed by atoms with E-state index in [0.29, 0.717) is 11.6 Å². The number of aromatic amines is 1. The molecule has 1 aromatic rings. The van der Waals surface area contributed by atoms with Gasteiger partial charge in [0.1, 0.15) is 5.69 Å². The molecule has 0 aromatic carbocycles. The highest BCUT2D eigenvalue weighted by molar-refractivity contribution is 5.92. The molecule has 2 rings (SSSR count). The summed E-state index contributed by atoms with van der Waals surface area (Å²) in [5.41, 5.74) is 0.670. The van der Waals surface area contributed by atoms with Crippen LogP contribution in [0.15, 0.2) is 18.3 Å². The molecule has 82 valence electrons. The van der Waals surface area contributed by atoms with Crippen LogP contribution in [0, 0.1) is 5.92 Å². The molecule has 0 spiro atoms. The fourth-order valence-corrected chi connectivity index (χ4v) is 2.01. The molecule has 1 aliphatic rings. The van der Waals surface area contributed by atoms with E-state index >= 15 is 0 Å². The fourth-order valence-electron chi connectivity index (χ4n) is 2.01. The number of rotatable bonds is 3. The number of hydrogen-bond donors (Lipinski definition) is 2. The normalized spacial score (nSPS) is 20.5. The second-order valence-corrected chi connectivity index (χ2v) is 4.13. The molecule has 1 unspecified atom stereocenters. The zero-order valence-corrected chi connectivity index (χ0v) is 8.99. The molecule has 0 bridgehead atoms. The number of carbonyl (C=O) groups is 1. The summed E-state index contributed by atoms with van der Waals surface area (Å²) in [5.74, 6) is 0.681. The monoisotopic (exact) mass is 207 g/mol. The van der Waals surface area contributed by atoms with Crippen molar-refractivity contribution in [2.24, 2.45) is 5.92 Å². The Hall–Kier alpha value is -1.29. The third-order valence-electron chi connectivity index (χ3n) is 2.87. The van der Waals surface area contributed by atoms with Crippen LogP contribution in [0.1, 0.15) is 16.9 Å². The van der Waals surface area contributed by atoms with Gasteiger partial charge in [0.15, 0.2) is 0 Å². The zero-order valence-electron chi connectivity index (χ0n) is 8.99. The lowest BCUT2D eigenvalue weighted by molar-refractivity contribution is 0.0771. The van der Waals surface area contributed by atoms with E-state index in [2.05, 4.69) is 10.3 Å². The quantitative estimate of drug-likeness (QED) is 0.766. The predicted molar refractivity (Wildman–Crippen MR) is 58.7 cm³/mol. The standard InChI is InChI=1S/C11H17N3O/c1-14(8-9-4-6-12-7-9)11(15)10-3-2-5-13-10/h2-3,5,9,12-13H,4,6-8H2,1H3. The van der Waals surface area contributed by atoms with Crippen LogP contribution in [0.5, 0.6) is 0 Å². The van der Waals surface area contributed by atoms with E-state index in [-0.39, 0.29) is 5.91 Å². The molecule has 15 heavy (non-hydrogen) atoms. The summed E-state index contributed by atoms with van der Waals surface area (Å²) in [4.78, 5) is 16.6. The number of amides is 1. The molecule has 0 saturated carbocycles. The molecule has 1 atom stereocenters. The van der Waals surface area contributed by atoms with Gasteiger partial charge < -0.3 is 15.2 Å². The molecule has 1 saturated heterocycles. The SMILES string of the molecule is CN(CC1CCNC1)C(=O)c1ccc[nH]1. The molecule has 1 fully saturated rings. The zero-order chi connectivity index (χ0) is 10.7. The van der Waals surface area contributed by atoms with E-state index in [9.17, 15) is 4.79 Å². The van der Waals surface area contributed by atoms with Gasteiger partial charge >= 0.3 is 0 Å². The highest BCUT2D eigenvalue weighted by Gasteiger charge is 2.20. The first kappa shape index (κ1) is 10.2. The van der Waals surface area contributed by atoms with Gasteiger partial charge in [-0.15, -0.1) is 0 Å². The van der Waals surface area contributed by atoms with E-state index < -0.39 is 0 Å². The molecular formula is C11H17N3O. The van der Waals surface area contributed by atoms with Crippen molar-refractivity contribution in [1.29, 1.82) is 0 Å². The van der Waals surface area contributed by atoms with Gasteiger partial charge in [-0.25, -0.2) is 0 Å². The summed E-state index contributed by atoms with van der Waals surface area (Å²) >= 11 is 0. The van der Waals surface area contributed by atoms with Crippen LogP contribution in [0.3, 0.4) is 0 Å². The average molecular weight is 207 g/mol. The number of aromatic nitrogens is 1. The lowest BCUT2D eigenvalue weighted by Gasteiger charge is -2.19. The van der Waals surface area contributed by atoms with Crippen LogP contribution in [-0.2, 0) is 0 Å². The molecule has 4 nitrogen and oxygen atoms in total. The van der Waals surface area contributed by atoms with E-state index in [1.807, 2.05) is 19.2 Å². The van der Waals surface area contributed by atoms with E-state index in [1.54, 1.807) is 11.1 Å². The Morgan fingerprint density at radius 1 is 1.67 bits per heavy atom. The van der Waals surface area contributed by atoms with Gasteiger partial charge in [0.05, 0.1) is 0 Å². The fraction of sp³-hybridized carbons (Fsp3) is 0.545. The summed E-state index contributed by atoms with van der Waals surface area (Å²) in [6.45, 7) is 2.95. The lowest BCUT2D eigenvalue weighted by atomic mass is 10.1. The minimum atomic E-state index is 0.0758. The number of hydrogen-bond acceptors (Lipinski definition) is 2. The minimum Gasteiger partial charge on any atom is -0.357 e. The second kappa shape index (κ2) is 4.49. The summed E-state index contributed by atoms with van der Waals surface area (Å²) in [6.07, 6.45) is 2.94. The van der Waals surface area contributed by atoms with Gasteiger partial charge in [0, 0.05) is 19.8 Å². The summed E-state index contributed by atoms with van der Waals surface area (Å²) in [7, 11) is 1.86. The largest absolute Gasteiger partial charge is 0.357 e. The summed E-state index contributed by atoms with van der Waals surface area (Å²) < 4.78 is 0. The summed E-state index contributed by atoms with van der Waals surface area (Å²) in [6, 6.07) is 3.66. The molecule has 4 heteroatoms. The van der Waals surface area contributed by atoms with Crippen molar-refractivity contribution in [3.8, 4) is 0 Å². The van der Waals surface area contributed by atoms with Gasteiger partial charge in [-0.1, -0.05) is 0 Å². The maximum Gasteiger partial charge on any atom is 0.270 e. The Labute approximate surface area is 89.7 Å². The van der Waals surface area contributed by atoms with Crippen molar-refractivity contribution in [2.45, 2.75) is 6.42 Å². The molecule has 0 radical (unpaired) electrons. The van der Waals surface area contributed by atoms with Crippen molar-refractivity contribution in [1.82, 2.24) is 15.2 Å². The maximum absolute atomic E-state index is 11.9. The maximum atomic E-state index is 11.9. The summed E-state index contributed by atoms with van der Waals surface area (Å²) in [5, 5.41) is 3.31. The predicted octanol–water partition coefficient (Wildman–Crippen LogP) is 0.696. The van der Waals surface area contributed by atoms with E-state index in [0.717, 1.165) is 19.6 Å². The topological polar surface area (TPSA) is 48.1 Å². The van der Waals surface area contributed by atoms with E-state index in [4.69, 9.17) is 0 Å². The Balaban J connectivity index is 1.90. The molecule has 2 N–H and O–H groups in total. The molecule has 1 aliphatic heterocycles. The first-order valence-corrected chi connectivity index (χ1v) is 5.37. The molecule has 2 heterocycles. The molecule has 1 aromatic heterocycles. The molecule has 0 aliphatic carbocycles. The van der Waals surface area contributed by atoms with Crippen molar-refractivity contribution in [3.63, 3.8) is 0 Å². The van der Waals surface area contributed by atoms with Crippen LogP contribution < -0.4 is 5.32 Å². The van der Waals surface area contributed by atoms with Crippen molar-refractivity contribution < 1.29 is 4.79 Å². The average Bonchev–Trinajstić information content (AvgIpc) is 2.88. The second-order valence-electron chi connectivity index (χ2n) is 4.13. The third kappa shape index (κ3) is 2.39. The highest BCUT2D eigenvalue weighted by atomic mass is 16.2. The van der Waals surface area contributed by atoms with Crippen molar-refractivity contribution in [3.05, 3.63) is 24.0 Å². The number of carbonyl (C=O) groups excluding carboxylic acids is 1. The Morgan fingerprint density at radius 2 is 2.53 bits per heavy atom. The molecular weight excluding hydrogens is 190 g/mol. The van der Waals surface area contributed by atoms with Gasteiger partial charge in [-0.2, -0.15) is 0 Å². The number of H-pyrrole nitrogens is 1. The van der Waals surface area contributed by atoms with Crippen LogP contribution in [-0.4, -0.2) is 42.5 Å². The van der Waals surface area contributed by atoms with Crippen LogP contribution in [0.25, 0.3) is 0 Å². The Kier molecular flexibility index (Phi) is 3.06. The van der Waals surface area contributed by atoms with Gasteiger partial charge in [0.25, 0.3) is 5.91 Å². The number of nitrogens with one attached hydrogen (secondary N) is 2. The van der Waals surface area contributed by atoms with Gasteiger partial charge in [-0.3, -0.25) is 4.79 Å². The van der Waals surface area contributed by atoms with Crippen LogP contribution in [0.4, 0.5) is 0 Å². The smallest absolute Gasteiger partial charge is 0.270 e.